The molecular weight excluding hydrogens is 406 g/mol. The summed E-state index contributed by atoms with van der Waals surface area (Å²) in [6.07, 6.45) is 9.54. The third-order valence-corrected chi connectivity index (χ3v) is 5.03. The number of nitrogens with zero attached hydrogens (tertiary/aromatic N) is 1. The second-order valence-corrected chi connectivity index (χ2v) is 9.02. The number of nitrogens with one attached hydrogen (secondary N) is 2. The second-order valence-electron chi connectivity index (χ2n) is 9.02. The molecule has 1 aliphatic rings. The third-order valence-electron chi connectivity index (χ3n) is 5.03. The van der Waals surface area contributed by atoms with Crippen LogP contribution in [0.15, 0.2) is 24.3 Å². The minimum Gasteiger partial charge on any atom is -0.444 e. The van der Waals surface area contributed by atoms with Crippen molar-refractivity contribution in [2.24, 2.45) is 0 Å². The number of amides is 3. The van der Waals surface area contributed by atoms with E-state index in [0.717, 1.165) is 32.1 Å². The number of hydrogen-bond acceptors (Lipinski definition) is 4. The lowest BCUT2D eigenvalue weighted by atomic mass is 9.98. The minimum atomic E-state index is -0.857. The van der Waals surface area contributed by atoms with Gasteiger partial charge in [-0.1, -0.05) is 43.9 Å². The van der Waals surface area contributed by atoms with Crippen LogP contribution in [0.3, 0.4) is 0 Å². The van der Waals surface area contributed by atoms with E-state index < -0.39 is 17.7 Å². The molecule has 32 heavy (non-hydrogen) atoms. The van der Waals surface area contributed by atoms with Crippen molar-refractivity contribution < 1.29 is 19.1 Å². The first-order valence-electron chi connectivity index (χ1n) is 11.3. The number of terminal acetylenes is 1. The maximum absolute atomic E-state index is 13.3. The zero-order valence-corrected chi connectivity index (χ0v) is 19.6. The summed E-state index contributed by atoms with van der Waals surface area (Å²) < 4.78 is 5.22. The number of unbranched alkanes of at least 4 members (excludes halogenated alkanes) is 2. The lowest BCUT2D eigenvalue weighted by Gasteiger charge is -2.32. The van der Waals surface area contributed by atoms with Crippen molar-refractivity contribution in [3.05, 3.63) is 35.4 Å². The average Bonchev–Trinajstić information content (AvgIpc) is 3.57. The zero-order chi connectivity index (χ0) is 23.7. The molecule has 2 rings (SSSR count). The van der Waals surface area contributed by atoms with Gasteiger partial charge in [-0.25, -0.2) is 4.79 Å². The molecule has 0 spiro atoms. The Morgan fingerprint density at radius 1 is 1.19 bits per heavy atom. The Morgan fingerprint density at radius 2 is 1.88 bits per heavy atom. The standard InChI is InChI=1S/C25H35N3O4/c1-6-8-11-16-26-23(30)22(20-13-10-9-12-18(20)7-2)28(19-14-15-19)21(29)17-27-24(31)32-25(3,4)5/h2,9-10,12-13,19,22H,6,8,11,14-17H2,1,3-5H3,(H,26,30)(H,27,31). The molecule has 0 radical (unpaired) electrons. The van der Waals surface area contributed by atoms with Crippen LogP contribution in [0.5, 0.6) is 0 Å². The van der Waals surface area contributed by atoms with Crippen LogP contribution in [-0.4, -0.2) is 47.5 Å². The van der Waals surface area contributed by atoms with E-state index in [1.165, 1.54) is 0 Å². The molecule has 7 heteroatoms. The van der Waals surface area contributed by atoms with Gasteiger partial charge in [0.15, 0.2) is 0 Å². The highest BCUT2D eigenvalue weighted by Crippen LogP contribution is 2.36. The highest BCUT2D eigenvalue weighted by atomic mass is 16.6. The Hall–Kier alpha value is -3.01. The van der Waals surface area contributed by atoms with Gasteiger partial charge in [0.2, 0.25) is 11.8 Å². The van der Waals surface area contributed by atoms with Gasteiger partial charge >= 0.3 is 6.09 Å². The van der Waals surface area contributed by atoms with Gasteiger partial charge in [0, 0.05) is 18.2 Å². The van der Waals surface area contributed by atoms with Crippen molar-refractivity contribution in [2.45, 2.75) is 77.5 Å². The Labute approximate surface area is 191 Å². The quantitative estimate of drug-likeness (QED) is 0.430. The van der Waals surface area contributed by atoms with E-state index in [1.54, 1.807) is 37.8 Å². The molecule has 1 aromatic rings. The van der Waals surface area contributed by atoms with E-state index in [2.05, 4.69) is 23.5 Å². The number of carbonyl (C=O) groups is 3. The van der Waals surface area contributed by atoms with Gasteiger partial charge in [-0.05, 0) is 51.7 Å². The minimum absolute atomic E-state index is 0.0693. The van der Waals surface area contributed by atoms with E-state index in [0.29, 0.717) is 17.7 Å². The molecule has 2 N–H and O–H groups in total. The van der Waals surface area contributed by atoms with Gasteiger partial charge in [-0.3, -0.25) is 9.59 Å². The number of ether oxygens (including phenoxy) is 1. The maximum atomic E-state index is 13.3. The van der Waals surface area contributed by atoms with E-state index in [9.17, 15) is 14.4 Å². The first kappa shape index (κ1) is 25.3. The number of rotatable bonds is 10. The molecule has 1 saturated carbocycles. The summed E-state index contributed by atoms with van der Waals surface area (Å²) in [4.78, 5) is 40.1. The van der Waals surface area contributed by atoms with Gasteiger partial charge in [-0.2, -0.15) is 0 Å². The summed E-state index contributed by atoms with van der Waals surface area (Å²) >= 11 is 0. The molecule has 1 aromatic carbocycles. The van der Waals surface area contributed by atoms with Crippen molar-refractivity contribution in [1.82, 2.24) is 15.5 Å². The van der Waals surface area contributed by atoms with Crippen molar-refractivity contribution in [2.75, 3.05) is 13.1 Å². The van der Waals surface area contributed by atoms with Crippen LogP contribution in [0.25, 0.3) is 0 Å². The van der Waals surface area contributed by atoms with Gasteiger partial charge in [0.05, 0.1) is 0 Å². The summed E-state index contributed by atoms with van der Waals surface area (Å²) in [7, 11) is 0. The molecule has 1 atom stereocenters. The monoisotopic (exact) mass is 441 g/mol. The molecule has 1 unspecified atom stereocenters. The predicted molar refractivity (Wildman–Crippen MR) is 124 cm³/mol. The van der Waals surface area contributed by atoms with E-state index in [1.807, 2.05) is 12.1 Å². The fourth-order valence-electron chi connectivity index (χ4n) is 3.43. The first-order chi connectivity index (χ1) is 15.2. The average molecular weight is 442 g/mol. The molecule has 0 aliphatic heterocycles. The lowest BCUT2D eigenvalue weighted by Crippen LogP contribution is -2.49. The SMILES string of the molecule is C#Cc1ccccc1C(C(=O)NCCCCC)N(C(=O)CNC(=O)OC(C)(C)C)C1CC1. The fourth-order valence-corrected chi connectivity index (χ4v) is 3.43. The van der Waals surface area contributed by atoms with Crippen LogP contribution in [0, 0.1) is 12.3 Å². The Morgan fingerprint density at radius 3 is 2.47 bits per heavy atom. The summed E-state index contributed by atoms with van der Waals surface area (Å²) in [5.74, 6) is 2.02. The summed E-state index contributed by atoms with van der Waals surface area (Å²) in [6.45, 7) is 7.62. The Bertz CT molecular complexity index is 849. The Kier molecular flexibility index (Phi) is 9.13. The summed E-state index contributed by atoms with van der Waals surface area (Å²) in [5.41, 5.74) is 0.510. The predicted octanol–water partition coefficient (Wildman–Crippen LogP) is 3.53. The van der Waals surface area contributed by atoms with Crippen LogP contribution in [0.2, 0.25) is 0 Å². The molecule has 7 nitrogen and oxygen atoms in total. The Balaban J connectivity index is 2.25. The molecule has 1 aliphatic carbocycles. The number of alkyl carbamates (subject to hydrolysis) is 1. The highest BCUT2D eigenvalue weighted by molar-refractivity contribution is 5.91. The summed E-state index contributed by atoms with van der Waals surface area (Å²) in [6, 6.07) is 6.24. The van der Waals surface area contributed by atoms with Crippen LogP contribution in [-0.2, 0) is 14.3 Å². The molecule has 0 aromatic heterocycles. The van der Waals surface area contributed by atoms with E-state index in [4.69, 9.17) is 11.2 Å². The number of carbonyl (C=O) groups excluding carboxylic acids is 3. The van der Waals surface area contributed by atoms with E-state index >= 15 is 0 Å². The smallest absolute Gasteiger partial charge is 0.408 e. The van der Waals surface area contributed by atoms with Gasteiger partial charge in [0.25, 0.3) is 0 Å². The third kappa shape index (κ3) is 7.60. The normalized spacial score (nSPS) is 14.1. The van der Waals surface area contributed by atoms with Gasteiger partial charge < -0.3 is 20.3 Å². The maximum Gasteiger partial charge on any atom is 0.408 e. The van der Waals surface area contributed by atoms with Gasteiger partial charge in [0.1, 0.15) is 18.2 Å². The molecule has 174 valence electrons. The van der Waals surface area contributed by atoms with Crippen molar-refractivity contribution in [1.29, 1.82) is 0 Å². The topological polar surface area (TPSA) is 87.7 Å². The van der Waals surface area contributed by atoms with Crippen LogP contribution >= 0.6 is 0 Å². The fraction of sp³-hybridized carbons (Fsp3) is 0.560. The lowest BCUT2D eigenvalue weighted by molar-refractivity contribution is -0.140. The van der Waals surface area contributed by atoms with Crippen LogP contribution in [0.1, 0.15) is 77.0 Å². The molecule has 0 saturated heterocycles. The first-order valence-corrected chi connectivity index (χ1v) is 11.3. The van der Waals surface area contributed by atoms with Crippen LogP contribution in [0.4, 0.5) is 4.79 Å². The van der Waals surface area contributed by atoms with Gasteiger partial charge in [-0.15, -0.1) is 6.42 Å². The van der Waals surface area contributed by atoms with Crippen molar-refractivity contribution in [3.8, 4) is 12.3 Å². The highest BCUT2D eigenvalue weighted by Gasteiger charge is 2.41. The molecule has 3 amide bonds. The van der Waals surface area contributed by atoms with Crippen LogP contribution < -0.4 is 10.6 Å². The largest absolute Gasteiger partial charge is 0.444 e. The molecule has 0 heterocycles. The molecule has 0 bridgehead atoms. The van der Waals surface area contributed by atoms with E-state index in [-0.39, 0.29) is 24.4 Å². The molecular formula is C25H35N3O4. The van der Waals surface area contributed by atoms with Crippen molar-refractivity contribution >= 4 is 17.9 Å². The zero-order valence-electron chi connectivity index (χ0n) is 19.6. The molecule has 1 fully saturated rings. The number of hydrogen-bond donors (Lipinski definition) is 2. The summed E-state index contributed by atoms with van der Waals surface area (Å²) in [5, 5.41) is 5.48. The van der Waals surface area contributed by atoms with Crippen molar-refractivity contribution in [3.63, 3.8) is 0 Å². The number of benzene rings is 1. The second kappa shape index (κ2) is 11.6.